The Hall–Kier alpha value is -1.57. The molecule has 0 spiro atoms. The second-order valence-corrected chi connectivity index (χ2v) is 6.18. The Balaban J connectivity index is 2.04. The van der Waals surface area contributed by atoms with Gasteiger partial charge in [0.15, 0.2) is 0 Å². The minimum Gasteiger partial charge on any atom is -0.368 e. The van der Waals surface area contributed by atoms with Gasteiger partial charge >= 0.3 is 0 Å². The van der Waals surface area contributed by atoms with E-state index in [-0.39, 0.29) is 0 Å². The van der Waals surface area contributed by atoms with Gasteiger partial charge in [-0.25, -0.2) is 0 Å². The van der Waals surface area contributed by atoms with Gasteiger partial charge in [0.2, 0.25) is 0 Å². The Bertz CT molecular complexity index is 496. The van der Waals surface area contributed by atoms with Crippen LogP contribution in [-0.4, -0.2) is 44.7 Å². The van der Waals surface area contributed by atoms with E-state index < -0.39 is 0 Å². The summed E-state index contributed by atoms with van der Waals surface area (Å²) in [5.74, 6) is 0.715. The van der Waals surface area contributed by atoms with Crippen LogP contribution in [0.2, 0.25) is 0 Å². The predicted molar refractivity (Wildman–Crippen MR) is 87.4 cm³/mol. The van der Waals surface area contributed by atoms with E-state index >= 15 is 0 Å². The maximum absolute atomic E-state index is 9.41. The molecule has 0 saturated carbocycles. The van der Waals surface area contributed by atoms with Gasteiger partial charge in [-0.1, -0.05) is 19.9 Å². The first-order valence-electron chi connectivity index (χ1n) is 7.79. The summed E-state index contributed by atoms with van der Waals surface area (Å²) in [6.07, 6.45) is 0. The normalized spacial score (nSPS) is 16.2. The number of nitrogens with one attached hydrogen (secondary N) is 1. The zero-order valence-electron chi connectivity index (χ0n) is 13.4. The zero-order valence-corrected chi connectivity index (χ0v) is 13.4. The molecule has 2 rings (SSSR count). The molecule has 0 bridgehead atoms. The summed E-state index contributed by atoms with van der Waals surface area (Å²) in [7, 11) is 1.92. The standard InChI is InChI=1S/C17H26N4/c1-14(2)13-20-6-8-21(9-7-20)17-5-4-15(12-19-3)10-16(17)11-18/h4-5,10,14,19H,6-9,12-13H2,1-3H3. The summed E-state index contributed by atoms with van der Waals surface area (Å²) in [4.78, 5) is 4.86. The quantitative estimate of drug-likeness (QED) is 0.899. The summed E-state index contributed by atoms with van der Waals surface area (Å²) in [5.41, 5.74) is 3.04. The first kappa shape index (κ1) is 15.8. The third-order valence-electron chi connectivity index (χ3n) is 3.90. The average Bonchev–Trinajstić information content (AvgIpc) is 2.48. The van der Waals surface area contributed by atoms with Crippen LogP contribution in [0, 0.1) is 17.2 Å². The van der Waals surface area contributed by atoms with E-state index in [0.717, 1.165) is 49.5 Å². The summed E-state index contributed by atoms with van der Waals surface area (Å²) < 4.78 is 0. The summed E-state index contributed by atoms with van der Waals surface area (Å²) in [5, 5.41) is 12.5. The molecular weight excluding hydrogens is 260 g/mol. The van der Waals surface area contributed by atoms with E-state index in [1.165, 1.54) is 6.54 Å². The molecule has 0 aromatic heterocycles. The van der Waals surface area contributed by atoms with E-state index in [1.807, 2.05) is 13.1 Å². The van der Waals surface area contributed by atoms with Crippen molar-refractivity contribution in [1.82, 2.24) is 10.2 Å². The van der Waals surface area contributed by atoms with Crippen LogP contribution in [0.4, 0.5) is 5.69 Å². The summed E-state index contributed by atoms with van der Waals surface area (Å²) >= 11 is 0. The van der Waals surface area contributed by atoms with Crippen molar-refractivity contribution in [3.05, 3.63) is 29.3 Å². The van der Waals surface area contributed by atoms with Crippen molar-refractivity contribution in [2.75, 3.05) is 44.7 Å². The second-order valence-electron chi connectivity index (χ2n) is 6.18. The first-order chi connectivity index (χ1) is 10.1. The predicted octanol–water partition coefficient (Wildman–Crippen LogP) is 2.06. The molecule has 1 aliphatic rings. The SMILES string of the molecule is CNCc1ccc(N2CCN(CC(C)C)CC2)c(C#N)c1. The number of anilines is 1. The Labute approximate surface area is 128 Å². The Morgan fingerprint density at radius 2 is 1.95 bits per heavy atom. The van der Waals surface area contributed by atoms with Crippen molar-refractivity contribution in [3.8, 4) is 6.07 Å². The lowest BCUT2D eigenvalue weighted by molar-refractivity contribution is 0.231. The molecule has 0 atom stereocenters. The van der Waals surface area contributed by atoms with Gasteiger partial charge in [0.05, 0.1) is 11.3 Å². The Kier molecular flexibility index (Phi) is 5.60. The van der Waals surface area contributed by atoms with Crippen molar-refractivity contribution in [2.45, 2.75) is 20.4 Å². The first-order valence-corrected chi connectivity index (χ1v) is 7.79. The third kappa shape index (κ3) is 4.20. The largest absolute Gasteiger partial charge is 0.368 e. The van der Waals surface area contributed by atoms with Gasteiger partial charge in [0, 0.05) is 39.3 Å². The van der Waals surface area contributed by atoms with Crippen LogP contribution in [0.15, 0.2) is 18.2 Å². The van der Waals surface area contributed by atoms with Gasteiger partial charge in [-0.2, -0.15) is 5.26 Å². The smallest absolute Gasteiger partial charge is 0.101 e. The molecule has 0 amide bonds. The molecular formula is C17H26N4. The van der Waals surface area contributed by atoms with Crippen molar-refractivity contribution in [1.29, 1.82) is 5.26 Å². The molecule has 1 N–H and O–H groups in total. The van der Waals surface area contributed by atoms with Gasteiger partial charge < -0.3 is 10.2 Å². The fourth-order valence-corrected chi connectivity index (χ4v) is 2.95. The van der Waals surface area contributed by atoms with Crippen LogP contribution < -0.4 is 10.2 Å². The average molecular weight is 286 g/mol. The van der Waals surface area contributed by atoms with Gasteiger partial charge in [-0.05, 0) is 30.7 Å². The lowest BCUT2D eigenvalue weighted by atomic mass is 10.1. The van der Waals surface area contributed by atoms with Gasteiger partial charge in [0.25, 0.3) is 0 Å². The monoisotopic (exact) mass is 286 g/mol. The molecule has 0 aliphatic carbocycles. The summed E-state index contributed by atoms with van der Waals surface area (Å²) in [6.45, 7) is 10.7. The highest BCUT2D eigenvalue weighted by Crippen LogP contribution is 2.23. The van der Waals surface area contributed by atoms with Crippen molar-refractivity contribution in [2.24, 2.45) is 5.92 Å². The molecule has 21 heavy (non-hydrogen) atoms. The molecule has 0 unspecified atom stereocenters. The number of piperazine rings is 1. The molecule has 1 aromatic carbocycles. The molecule has 114 valence electrons. The molecule has 1 aliphatic heterocycles. The van der Waals surface area contributed by atoms with Crippen molar-refractivity contribution in [3.63, 3.8) is 0 Å². The number of benzene rings is 1. The Morgan fingerprint density at radius 3 is 2.52 bits per heavy atom. The minimum absolute atomic E-state index is 0.715. The fraction of sp³-hybridized carbons (Fsp3) is 0.588. The zero-order chi connectivity index (χ0) is 15.2. The molecule has 0 radical (unpaired) electrons. The lowest BCUT2D eigenvalue weighted by Crippen LogP contribution is -2.47. The molecule has 4 heteroatoms. The number of nitrogens with zero attached hydrogens (tertiary/aromatic N) is 3. The van der Waals surface area contributed by atoms with Crippen LogP contribution in [0.1, 0.15) is 25.0 Å². The van der Waals surface area contributed by atoms with E-state index in [2.05, 4.69) is 47.2 Å². The van der Waals surface area contributed by atoms with Crippen molar-refractivity contribution < 1.29 is 0 Å². The van der Waals surface area contributed by atoms with Crippen LogP contribution in [0.5, 0.6) is 0 Å². The fourth-order valence-electron chi connectivity index (χ4n) is 2.95. The molecule has 1 saturated heterocycles. The van der Waals surface area contributed by atoms with E-state index in [9.17, 15) is 5.26 Å². The maximum Gasteiger partial charge on any atom is 0.101 e. The lowest BCUT2D eigenvalue weighted by Gasteiger charge is -2.37. The van der Waals surface area contributed by atoms with Gasteiger partial charge in [-0.3, -0.25) is 4.90 Å². The molecule has 1 aromatic rings. The highest BCUT2D eigenvalue weighted by molar-refractivity contribution is 5.60. The van der Waals surface area contributed by atoms with Crippen LogP contribution in [0.25, 0.3) is 0 Å². The second kappa shape index (κ2) is 7.44. The van der Waals surface area contributed by atoms with Crippen molar-refractivity contribution >= 4 is 5.69 Å². The van der Waals surface area contributed by atoms with Crippen LogP contribution in [0.3, 0.4) is 0 Å². The molecule has 4 nitrogen and oxygen atoms in total. The number of hydrogen-bond acceptors (Lipinski definition) is 4. The third-order valence-corrected chi connectivity index (χ3v) is 3.90. The van der Waals surface area contributed by atoms with Gasteiger partial charge in [-0.15, -0.1) is 0 Å². The highest BCUT2D eigenvalue weighted by atomic mass is 15.3. The number of rotatable bonds is 5. The molecule has 1 heterocycles. The van der Waals surface area contributed by atoms with Gasteiger partial charge in [0.1, 0.15) is 6.07 Å². The van der Waals surface area contributed by atoms with Crippen LogP contribution >= 0.6 is 0 Å². The topological polar surface area (TPSA) is 42.3 Å². The van der Waals surface area contributed by atoms with Crippen LogP contribution in [-0.2, 0) is 6.54 Å². The number of hydrogen-bond donors (Lipinski definition) is 1. The van der Waals surface area contributed by atoms with E-state index in [4.69, 9.17) is 0 Å². The Morgan fingerprint density at radius 1 is 1.24 bits per heavy atom. The number of nitriles is 1. The highest BCUT2D eigenvalue weighted by Gasteiger charge is 2.19. The molecule has 1 fully saturated rings. The summed E-state index contributed by atoms with van der Waals surface area (Å²) in [6, 6.07) is 8.58. The minimum atomic E-state index is 0.715. The van der Waals surface area contributed by atoms with E-state index in [1.54, 1.807) is 0 Å². The maximum atomic E-state index is 9.41. The van der Waals surface area contributed by atoms with E-state index in [0.29, 0.717) is 5.92 Å².